The van der Waals surface area contributed by atoms with E-state index in [4.69, 9.17) is 11.6 Å². The third-order valence-electron chi connectivity index (χ3n) is 4.30. The Morgan fingerprint density at radius 2 is 2.00 bits per heavy atom. The van der Waals surface area contributed by atoms with Crippen LogP contribution >= 0.6 is 11.6 Å². The van der Waals surface area contributed by atoms with Crippen LogP contribution in [0.4, 0.5) is 4.79 Å². The molecule has 1 fully saturated rings. The number of imide groups is 1. The molecule has 1 saturated heterocycles. The Hall–Kier alpha value is -2.08. The molecule has 2 rings (SSSR count). The first-order valence-electron chi connectivity index (χ1n) is 8.37. The van der Waals surface area contributed by atoms with Gasteiger partial charge in [-0.3, -0.25) is 14.5 Å². The van der Waals surface area contributed by atoms with E-state index in [2.05, 4.69) is 24.5 Å². The Morgan fingerprint density at radius 3 is 2.64 bits per heavy atom. The van der Waals surface area contributed by atoms with Gasteiger partial charge < -0.3 is 10.6 Å². The van der Waals surface area contributed by atoms with E-state index in [1.54, 1.807) is 25.1 Å². The highest BCUT2D eigenvalue weighted by Gasteiger charge is 2.47. The summed E-state index contributed by atoms with van der Waals surface area (Å²) in [6, 6.07) is 6.65. The van der Waals surface area contributed by atoms with Crippen LogP contribution in [-0.2, 0) is 16.1 Å². The summed E-state index contributed by atoms with van der Waals surface area (Å²) in [6.07, 6.45) is 1.36. The van der Waals surface area contributed by atoms with Crippen molar-refractivity contribution in [2.24, 2.45) is 5.92 Å². The average Bonchev–Trinajstić information content (AvgIpc) is 2.76. The van der Waals surface area contributed by atoms with Crippen LogP contribution in [0.5, 0.6) is 0 Å². The van der Waals surface area contributed by atoms with Gasteiger partial charge in [0.15, 0.2) is 0 Å². The first kappa shape index (κ1) is 19.2. The Balaban J connectivity index is 1.93. The fourth-order valence-electron chi connectivity index (χ4n) is 2.67. The van der Waals surface area contributed by atoms with Gasteiger partial charge in [-0.2, -0.15) is 0 Å². The van der Waals surface area contributed by atoms with Crippen LogP contribution in [-0.4, -0.2) is 34.8 Å². The Morgan fingerprint density at radius 1 is 1.32 bits per heavy atom. The summed E-state index contributed by atoms with van der Waals surface area (Å²) in [5.74, 6) is -0.336. The van der Waals surface area contributed by atoms with Crippen LogP contribution in [0.1, 0.15) is 39.2 Å². The number of hydrogen-bond donors (Lipinski definition) is 2. The molecule has 0 spiro atoms. The highest BCUT2D eigenvalue weighted by molar-refractivity contribution is 6.31. The molecule has 1 aromatic carbocycles. The summed E-state index contributed by atoms with van der Waals surface area (Å²) in [5.41, 5.74) is -0.166. The highest BCUT2D eigenvalue weighted by atomic mass is 35.5. The number of carbonyl (C=O) groups is 3. The molecule has 1 aliphatic heterocycles. The van der Waals surface area contributed by atoms with E-state index in [0.29, 0.717) is 17.4 Å². The Labute approximate surface area is 152 Å². The van der Waals surface area contributed by atoms with Crippen LogP contribution in [0.25, 0.3) is 0 Å². The van der Waals surface area contributed by atoms with E-state index in [1.165, 1.54) is 0 Å². The minimum Gasteiger partial charge on any atom is -0.350 e. The maximum absolute atomic E-state index is 12.6. The summed E-state index contributed by atoms with van der Waals surface area (Å²) in [7, 11) is 0. The predicted octanol–water partition coefficient (Wildman–Crippen LogP) is 2.70. The number of nitrogens with zero attached hydrogens (tertiary/aromatic N) is 1. The second kappa shape index (κ2) is 7.87. The van der Waals surface area contributed by atoms with Gasteiger partial charge in [0, 0.05) is 11.6 Å². The van der Waals surface area contributed by atoms with Crippen molar-refractivity contribution in [2.75, 3.05) is 6.54 Å². The molecule has 0 aliphatic carbocycles. The zero-order valence-electron chi connectivity index (χ0n) is 14.8. The fourth-order valence-corrected chi connectivity index (χ4v) is 2.88. The summed E-state index contributed by atoms with van der Waals surface area (Å²) in [6.45, 7) is 5.77. The van der Waals surface area contributed by atoms with Gasteiger partial charge in [0.05, 0.1) is 0 Å². The SMILES string of the molecule is CC(C)CCC1(C)NC(=O)N(CC(=O)NCc2ccccc2Cl)C1=O. The van der Waals surface area contributed by atoms with Crippen molar-refractivity contribution in [1.82, 2.24) is 15.5 Å². The van der Waals surface area contributed by atoms with E-state index in [-0.39, 0.29) is 19.0 Å². The highest BCUT2D eigenvalue weighted by Crippen LogP contribution is 2.24. The normalized spacial score (nSPS) is 20.1. The molecular formula is C18H24ClN3O3. The van der Waals surface area contributed by atoms with Crippen molar-refractivity contribution in [3.63, 3.8) is 0 Å². The van der Waals surface area contributed by atoms with Gasteiger partial charge >= 0.3 is 6.03 Å². The van der Waals surface area contributed by atoms with Crippen molar-refractivity contribution >= 4 is 29.4 Å². The lowest BCUT2D eigenvalue weighted by molar-refractivity contribution is -0.134. The molecule has 0 aromatic heterocycles. The molecule has 6 nitrogen and oxygen atoms in total. The van der Waals surface area contributed by atoms with Crippen LogP contribution in [0.3, 0.4) is 0 Å². The first-order valence-corrected chi connectivity index (χ1v) is 8.75. The Kier molecular flexibility index (Phi) is 6.06. The summed E-state index contributed by atoms with van der Waals surface area (Å²) in [5, 5.41) is 5.95. The van der Waals surface area contributed by atoms with Crippen molar-refractivity contribution in [3.05, 3.63) is 34.9 Å². The largest absolute Gasteiger partial charge is 0.350 e. The quantitative estimate of drug-likeness (QED) is 0.729. The van der Waals surface area contributed by atoms with Crippen molar-refractivity contribution in [1.29, 1.82) is 0 Å². The van der Waals surface area contributed by atoms with Crippen molar-refractivity contribution in [2.45, 2.75) is 45.7 Å². The molecule has 1 unspecified atom stereocenters. The molecule has 1 heterocycles. The summed E-state index contributed by atoms with van der Waals surface area (Å²) < 4.78 is 0. The van der Waals surface area contributed by atoms with Gasteiger partial charge in [-0.25, -0.2) is 4.79 Å². The third-order valence-corrected chi connectivity index (χ3v) is 4.67. The smallest absolute Gasteiger partial charge is 0.325 e. The molecule has 0 radical (unpaired) electrons. The molecule has 25 heavy (non-hydrogen) atoms. The number of amides is 4. The van der Waals surface area contributed by atoms with Crippen molar-refractivity contribution in [3.8, 4) is 0 Å². The van der Waals surface area contributed by atoms with Gasteiger partial charge in [0.1, 0.15) is 12.1 Å². The van der Waals surface area contributed by atoms with Gasteiger partial charge in [-0.15, -0.1) is 0 Å². The van der Waals surface area contributed by atoms with E-state index in [0.717, 1.165) is 16.9 Å². The van der Waals surface area contributed by atoms with Crippen LogP contribution in [0.15, 0.2) is 24.3 Å². The minimum atomic E-state index is -0.940. The lowest BCUT2D eigenvalue weighted by Gasteiger charge is -2.22. The number of urea groups is 1. The molecule has 136 valence electrons. The van der Waals surface area contributed by atoms with Crippen LogP contribution < -0.4 is 10.6 Å². The zero-order valence-corrected chi connectivity index (χ0v) is 15.5. The lowest BCUT2D eigenvalue weighted by Crippen LogP contribution is -2.45. The number of nitrogens with one attached hydrogen (secondary N) is 2. The van der Waals surface area contributed by atoms with E-state index in [9.17, 15) is 14.4 Å². The molecule has 7 heteroatoms. The molecule has 2 N–H and O–H groups in total. The number of benzene rings is 1. The number of halogens is 1. The molecule has 1 aromatic rings. The third kappa shape index (κ3) is 4.72. The van der Waals surface area contributed by atoms with Crippen LogP contribution in [0.2, 0.25) is 5.02 Å². The zero-order chi connectivity index (χ0) is 18.6. The maximum atomic E-state index is 12.6. The van der Waals surface area contributed by atoms with Crippen LogP contribution in [0, 0.1) is 5.92 Å². The fraction of sp³-hybridized carbons (Fsp3) is 0.500. The molecule has 1 aliphatic rings. The number of carbonyl (C=O) groups excluding carboxylic acids is 3. The van der Waals surface area contributed by atoms with Gasteiger partial charge in [0.25, 0.3) is 5.91 Å². The van der Waals surface area contributed by atoms with Gasteiger partial charge in [0.2, 0.25) is 5.91 Å². The molecular weight excluding hydrogens is 342 g/mol. The lowest BCUT2D eigenvalue weighted by atomic mass is 9.92. The standard InChI is InChI=1S/C18H24ClN3O3/c1-12(2)8-9-18(3)16(24)22(17(25)21-18)11-15(23)20-10-13-6-4-5-7-14(13)19/h4-7,12H,8-11H2,1-3H3,(H,20,23)(H,21,25). The predicted molar refractivity (Wildman–Crippen MR) is 96.0 cm³/mol. The summed E-state index contributed by atoms with van der Waals surface area (Å²) in [4.78, 5) is 37.8. The van der Waals surface area contributed by atoms with E-state index < -0.39 is 17.5 Å². The number of rotatable bonds is 7. The van der Waals surface area contributed by atoms with Crippen molar-refractivity contribution < 1.29 is 14.4 Å². The average molecular weight is 366 g/mol. The minimum absolute atomic E-state index is 0.243. The second-order valence-electron chi connectivity index (χ2n) is 6.95. The molecule has 1 atom stereocenters. The molecule has 4 amide bonds. The number of hydrogen-bond acceptors (Lipinski definition) is 3. The molecule has 0 bridgehead atoms. The molecule has 0 saturated carbocycles. The summed E-state index contributed by atoms with van der Waals surface area (Å²) >= 11 is 6.04. The first-order chi connectivity index (χ1) is 11.7. The van der Waals surface area contributed by atoms with Gasteiger partial charge in [-0.1, -0.05) is 43.6 Å². The second-order valence-corrected chi connectivity index (χ2v) is 7.36. The van der Waals surface area contributed by atoms with Gasteiger partial charge in [-0.05, 0) is 37.3 Å². The van der Waals surface area contributed by atoms with E-state index >= 15 is 0 Å². The topological polar surface area (TPSA) is 78.5 Å². The maximum Gasteiger partial charge on any atom is 0.325 e. The van der Waals surface area contributed by atoms with E-state index in [1.807, 2.05) is 6.07 Å². The monoisotopic (exact) mass is 365 g/mol. The Bertz CT molecular complexity index is 677.